The fourth-order valence-electron chi connectivity index (χ4n) is 3.03. The zero-order chi connectivity index (χ0) is 22.4. The highest BCUT2D eigenvalue weighted by atomic mass is 32.2. The van der Waals surface area contributed by atoms with Crippen LogP contribution in [0.25, 0.3) is 0 Å². The maximum Gasteiger partial charge on any atom is 0.271 e. The Morgan fingerprint density at radius 3 is 2.29 bits per heavy atom. The van der Waals surface area contributed by atoms with Gasteiger partial charge in [0, 0.05) is 17.8 Å². The third kappa shape index (κ3) is 5.84. The second-order valence-corrected chi connectivity index (χ2v) is 9.93. The van der Waals surface area contributed by atoms with E-state index in [-0.39, 0.29) is 16.2 Å². The molecule has 3 rings (SSSR count). The molecule has 0 radical (unpaired) electrons. The van der Waals surface area contributed by atoms with Gasteiger partial charge in [-0.3, -0.25) is 9.52 Å². The Balaban J connectivity index is 1.63. The summed E-state index contributed by atoms with van der Waals surface area (Å²) in [6.07, 6.45) is 0. The normalized spacial score (nSPS) is 12.4. The number of hydrogen-bond acceptors (Lipinski definition) is 6. The number of carbonyl (C=O) groups is 1. The number of rotatable bonds is 9. The van der Waals surface area contributed by atoms with Gasteiger partial charge < -0.3 is 15.0 Å². The summed E-state index contributed by atoms with van der Waals surface area (Å²) in [6, 6.07) is 17.3. The minimum Gasteiger partial charge on any atom is -0.497 e. The highest BCUT2D eigenvalue weighted by molar-refractivity contribution is 7.94. The van der Waals surface area contributed by atoms with Crippen molar-refractivity contribution in [3.05, 3.63) is 77.2 Å². The fraction of sp³-hybridized carbons (Fsp3) is 0.227. The number of likely N-dealkylation sites (N-methyl/N-ethyl adjacent to an activating group) is 1. The maximum absolute atomic E-state index is 12.6. The fourth-order valence-corrected chi connectivity index (χ4v) is 5.08. The summed E-state index contributed by atoms with van der Waals surface area (Å²) in [6.45, 7) is 0.422. The number of anilines is 1. The quantitative estimate of drug-likeness (QED) is 0.511. The summed E-state index contributed by atoms with van der Waals surface area (Å²) >= 11 is 1.14. The van der Waals surface area contributed by atoms with Gasteiger partial charge in [0.1, 0.15) is 9.96 Å². The number of benzene rings is 2. The Morgan fingerprint density at radius 1 is 1.06 bits per heavy atom. The number of amides is 1. The molecule has 0 aliphatic carbocycles. The van der Waals surface area contributed by atoms with Gasteiger partial charge in [0.25, 0.3) is 15.9 Å². The second kappa shape index (κ2) is 9.95. The van der Waals surface area contributed by atoms with E-state index in [0.29, 0.717) is 17.8 Å². The topological polar surface area (TPSA) is 87.7 Å². The number of methoxy groups -OCH3 is 1. The van der Waals surface area contributed by atoms with Gasteiger partial charge in [-0.25, -0.2) is 8.42 Å². The van der Waals surface area contributed by atoms with Crippen LogP contribution in [0.3, 0.4) is 0 Å². The lowest BCUT2D eigenvalue weighted by Crippen LogP contribution is -2.34. The van der Waals surface area contributed by atoms with Crippen LogP contribution in [0.5, 0.6) is 5.75 Å². The van der Waals surface area contributed by atoms with Gasteiger partial charge in [-0.2, -0.15) is 0 Å². The van der Waals surface area contributed by atoms with Crippen molar-refractivity contribution in [1.29, 1.82) is 0 Å². The first-order chi connectivity index (χ1) is 14.8. The molecular formula is C22H25N3O4S2. The van der Waals surface area contributed by atoms with E-state index >= 15 is 0 Å². The van der Waals surface area contributed by atoms with Crippen molar-refractivity contribution in [2.75, 3.05) is 32.5 Å². The van der Waals surface area contributed by atoms with Gasteiger partial charge in [-0.05, 0) is 67.5 Å². The average molecular weight is 460 g/mol. The molecule has 9 heteroatoms. The van der Waals surface area contributed by atoms with Crippen LogP contribution in [0.15, 0.2) is 70.3 Å². The van der Waals surface area contributed by atoms with Crippen LogP contribution >= 0.6 is 11.3 Å². The van der Waals surface area contributed by atoms with Crippen molar-refractivity contribution in [1.82, 2.24) is 10.2 Å². The molecule has 0 saturated carbocycles. The average Bonchev–Trinajstić information content (AvgIpc) is 3.30. The number of thiophene rings is 1. The van der Waals surface area contributed by atoms with E-state index in [1.807, 2.05) is 43.3 Å². The molecule has 0 saturated heterocycles. The minimum atomic E-state index is -3.62. The number of sulfonamides is 1. The Hall–Kier alpha value is -2.88. The smallest absolute Gasteiger partial charge is 0.271 e. The van der Waals surface area contributed by atoms with Gasteiger partial charge in [-0.1, -0.05) is 18.2 Å². The SMILES string of the molecule is COc1ccc(C(CNC(=O)c2ccc(NS(=O)(=O)c3cccs3)cc2)N(C)C)cc1. The van der Waals surface area contributed by atoms with E-state index < -0.39 is 10.0 Å². The molecule has 2 N–H and O–H groups in total. The zero-order valence-electron chi connectivity index (χ0n) is 17.5. The van der Waals surface area contributed by atoms with Gasteiger partial charge >= 0.3 is 0 Å². The third-order valence-corrected chi connectivity index (χ3v) is 7.52. The van der Waals surface area contributed by atoms with E-state index in [4.69, 9.17) is 4.74 Å². The van der Waals surface area contributed by atoms with Gasteiger partial charge in [0.15, 0.2) is 0 Å². The van der Waals surface area contributed by atoms with Crippen molar-refractivity contribution in [3.63, 3.8) is 0 Å². The van der Waals surface area contributed by atoms with Gasteiger partial charge in [0.05, 0.1) is 13.2 Å². The predicted molar refractivity (Wildman–Crippen MR) is 123 cm³/mol. The Morgan fingerprint density at radius 2 is 1.74 bits per heavy atom. The largest absolute Gasteiger partial charge is 0.497 e. The molecule has 31 heavy (non-hydrogen) atoms. The van der Waals surface area contributed by atoms with Crippen molar-refractivity contribution in [2.45, 2.75) is 10.3 Å². The van der Waals surface area contributed by atoms with E-state index in [9.17, 15) is 13.2 Å². The predicted octanol–water partition coefficient (Wildman–Crippen LogP) is 3.59. The van der Waals surface area contributed by atoms with E-state index in [1.165, 1.54) is 0 Å². The maximum atomic E-state index is 12.6. The monoisotopic (exact) mass is 459 g/mol. The highest BCUT2D eigenvalue weighted by Gasteiger charge is 2.17. The summed E-state index contributed by atoms with van der Waals surface area (Å²) in [5, 5.41) is 4.65. The summed E-state index contributed by atoms with van der Waals surface area (Å²) in [5.74, 6) is 0.549. The van der Waals surface area contributed by atoms with Crippen molar-refractivity contribution < 1.29 is 17.9 Å². The van der Waals surface area contributed by atoms with E-state index in [0.717, 1.165) is 22.6 Å². The lowest BCUT2D eigenvalue weighted by atomic mass is 10.1. The number of nitrogens with one attached hydrogen (secondary N) is 2. The number of carbonyl (C=O) groups excluding carboxylic acids is 1. The number of nitrogens with zero attached hydrogens (tertiary/aromatic N) is 1. The second-order valence-electron chi connectivity index (χ2n) is 7.08. The first-order valence-electron chi connectivity index (χ1n) is 9.55. The summed E-state index contributed by atoms with van der Waals surface area (Å²) < 4.78 is 32.6. The number of ether oxygens (including phenoxy) is 1. The molecular weight excluding hydrogens is 434 g/mol. The van der Waals surface area contributed by atoms with E-state index in [1.54, 1.807) is 48.9 Å². The Bertz CT molecular complexity index is 1090. The van der Waals surface area contributed by atoms with Crippen LogP contribution in [0.4, 0.5) is 5.69 Å². The first kappa shape index (κ1) is 22.8. The molecule has 3 aromatic rings. The molecule has 0 bridgehead atoms. The molecule has 2 aromatic carbocycles. The Labute approximate surface area is 186 Å². The van der Waals surface area contributed by atoms with Crippen LogP contribution in [-0.4, -0.2) is 47.0 Å². The third-order valence-electron chi connectivity index (χ3n) is 4.74. The number of hydrogen-bond donors (Lipinski definition) is 2. The highest BCUT2D eigenvalue weighted by Crippen LogP contribution is 2.22. The van der Waals surface area contributed by atoms with Crippen LogP contribution in [-0.2, 0) is 10.0 Å². The van der Waals surface area contributed by atoms with Crippen LogP contribution in [0.1, 0.15) is 22.0 Å². The lowest BCUT2D eigenvalue weighted by Gasteiger charge is -2.25. The molecule has 7 nitrogen and oxygen atoms in total. The molecule has 0 fully saturated rings. The van der Waals surface area contributed by atoms with Crippen LogP contribution in [0.2, 0.25) is 0 Å². The minimum absolute atomic E-state index is 0.00765. The molecule has 1 amide bonds. The molecule has 0 aliphatic heterocycles. The van der Waals surface area contributed by atoms with Gasteiger partial charge in [-0.15, -0.1) is 11.3 Å². The van der Waals surface area contributed by atoms with Crippen molar-refractivity contribution in [3.8, 4) is 5.75 Å². The standard InChI is InChI=1S/C22H25N3O4S2/c1-25(2)20(16-8-12-19(29-3)13-9-16)15-23-22(26)17-6-10-18(11-7-17)24-31(27,28)21-5-4-14-30-21/h4-14,20,24H,15H2,1-3H3,(H,23,26). The van der Waals surface area contributed by atoms with Crippen LogP contribution < -0.4 is 14.8 Å². The molecule has 1 aromatic heterocycles. The molecule has 0 aliphatic rings. The van der Waals surface area contributed by atoms with Crippen molar-refractivity contribution >= 4 is 33.0 Å². The Kier molecular flexibility index (Phi) is 7.32. The van der Waals surface area contributed by atoms with Crippen molar-refractivity contribution in [2.24, 2.45) is 0 Å². The van der Waals surface area contributed by atoms with E-state index in [2.05, 4.69) is 10.0 Å². The zero-order valence-corrected chi connectivity index (χ0v) is 19.2. The molecule has 164 valence electrons. The molecule has 1 unspecified atom stereocenters. The molecule has 0 spiro atoms. The van der Waals surface area contributed by atoms with Crippen LogP contribution in [0, 0.1) is 0 Å². The molecule has 1 atom stereocenters. The summed E-state index contributed by atoms with van der Waals surface area (Å²) in [5.41, 5.74) is 1.91. The lowest BCUT2D eigenvalue weighted by molar-refractivity contribution is 0.0942. The molecule has 1 heterocycles. The summed E-state index contributed by atoms with van der Waals surface area (Å²) in [4.78, 5) is 14.6. The van der Waals surface area contributed by atoms with Gasteiger partial charge in [0.2, 0.25) is 0 Å². The first-order valence-corrected chi connectivity index (χ1v) is 11.9. The summed E-state index contributed by atoms with van der Waals surface area (Å²) in [7, 11) is 1.91.